The van der Waals surface area contributed by atoms with Gasteiger partial charge in [-0.3, -0.25) is 19.2 Å². The normalized spacial score (nSPS) is 20.9. The molecule has 2 aliphatic carbocycles. The molecule has 0 aromatic heterocycles. The predicted molar refractivity (Wildman–Crippen MR) is 229 cm³/mol. The number of amides is 2. The van der Waals surface area contributed by atoms with E-state index >= 15 is 0 Å². The van der Waals surface area contributed by atoms with Crippen molar-refractivity contribution < 1.29 is 29.4 Å². The van der Waals surface area contributed by atoms with Gasteiger partial charge in [0.2, 0.25) is 11.8 Å². The zero-order chi connectivity index (χ0) is 39.8. The summed E-state index contributed by atoms with van der Waals surface area (Å²) in [6, 6.07) is 0. The fraction of sp³-hybridized carbons (Fsp3) is 0.660. The van der Waals surface area contributed by atoms with Crippen LogP contribution in [0, 0.1) is 17.8 Å². The van der Waals surface area contributed by atoms with Gasteiger partial charge in [-0.25, -0.2) is 0 Å². The van der Waals surface area contributed by atoms with Crippen molar-refractivity contribution in [1.29, 1.82) is 0 Å². The molecule has 2 aliphatic rings. The molecule has 8 heteroatoms. The van der Waals surface area contributed by atoms with E-state index in [4.69, 9.17) is 0 Å². The Kier molecular flexibility index (Phi) is 31.9. The fourth-order valence-electron chi connectivity index (χ4n) is 6.45. The maximum absolute atomic E-state index is 12.2. The van der Waals surface area contributed by atoms with Crippen LogP contribution in [0.25, 0.3) is 0 Å². The van der Waals surface area contributed by atoms with Gasteiger partial charge in [0.05, 0.1) is 12.2 Å². The zero-order valence-electron chi connectivity index (χ0n) is 34.1. The topological polar surface area (TPSA) is 133 Å². The van der Waals surface area contributed by atoms with Crippen LogP contribution in [0.4, 0.5) is 0 Å². The number of hydrogen-bond acceptors (Lipinski definition) is 6. The Hall–Kier alpha value is -3.36. The van der Waals surface area contributed by atoms with Crippen molar-refractivity contribution in [3.05, 3.63) is 72.4 Å². The molecule has 0 saturated heterocycles. The summed E-state index contributed by atoms with van der Waals surface area (Å²) < 4.78 is 0. The van der Waals surface area contributed by atoms with Crippen molar-refractivity contribution >= 4 is 23.4 Å². The van der Waals surface area contributed by atoms with E-state index in [0.717, 1.165) is 89.3 Å². The lowest BCUT2D eigenvalue weighted by Crippen LogP contribution is -2.23. The van der Waals surface area contributed by atoms with E-state index in [9.17, 15) is 29.4 Å². The van der Waals surface area contributed by atoms with E-state index in [1.807, 2.05) is 37.3 Å². The summed E-state index contributed by atoms with van der Waals surface area (Å²) in [5.41, 5.74) is 0.889. The average Bonchev–Trinajstić information content (AvgIpc) is 3.65. The lowest BCUT2D eigenvalue weighted by atomic mass is 9.90. The minimum absolute atomic E-state index is 0. The molecule has 2 rings (SSSR count). The molecule has 55 heavy (non-hydrogen) atoms. The van der Waals surface area contributed by atoms with Crippen LogP contribution in [0.5, 0.6) is 0 Å². The van der Waals surface area contributed by atoms with Crippen LogP contribution in [0.1, 0.15) is 157 Å². The van der Waals surface area contributed by atoms with Gasteiger partial charge < -0.3 is 20.8 Å². The van der Waals surface area contributed by atoms with E-state index in [-0.39, 0.29) is 55.0 Å². The number of ketones is 2. The molecule has 5 atom stereocenters. The van der Waals surface area contributed by atoms with Crippen molar-refractivity contribution in [2.45, 2.75) is 169 Å². The first-order valence-electron chi connectivity index (χ1n) is 21.2. The van der Waals surface area contributed by atoms with Crippen molar-refractivity contribution in [3.8, 4) is 0 Å². The SMILES string of the molecule is C.CCCCC/C=C/C=C1/C(=O)C=CC1C/C=C/CCCC(=O)NCCC.CCCCC[C@H](O)/C=C/[C@H]1C(=O)C[C@H](O)[C@@H]1C/C=C\CCCC(=O)NCCC. The number of allylic oxidation sites excluding steroid dienone is 11. The average molecular weight is 767 g/mol. The summed E-state index contributed by atoms with van der Waals surface area (Å²) in [7, 11) is 0. The fourth-order valence-corrected chi connectivity index (χ4v) is 6.45. The van der Waals surface area contributed by atoms with E-state index < -0.39 is 12.2 Å². The molecule has 2 amide bonds. The highest BCUT2D eigenvalue weighted by Gasteiger charge is 2.39. The third-order valence-electron chi connectivity index (χ3n) is 9.76. The van der Waals surface area contributed by atoms with Gasteiger partial charge in [-0.05, 0) is 76.7 Å². The van der Waals surface area contributed by atoms with E-state index in [2.05, 4.69) is 49.6 Å². The second-order valence-corrected chi connectivity index (χ2v) is 14.6. The van der Waals surface area contributed by atoms with Crippen LogP contribution >= 0.6 is 0 Å². The number of carbonyl (C=O) groups is 4. The summed E-state index contributed by atoms with van der Waals surface area (Å²) in [4.78, 5) is 47.2. The Morgan fingerprint density at radius 2 is 1.36 bits per heavy atom. The van der Waals surface area contributed by atoms with Crippen molar-refractivity contribution in [2.24, 2.45) is 17.8 Å². The molecule has 1 saturated carbocycles. The third kappa shape index (κ3) is 24.7. The maximum Gasteiger partial charge on any atom is 0.220 e. The van der Waals surface area contributed by atoms with Crippen LogP contribution in [0.15, 0.2) is 72.4 Å². The summed E-state index contributed by atoms with van der Waals surface area (Å²) in [6.45, 7) is 9.90. The molecule has 0 radical (unpaired) electrons. The molecule has 0 aliphatic heterocycles. The summed E-state index contributed by atoms with van der Waals surface area (Å²) >= 11 is 0. The molecule has 312 valence electrons. The highest BCUT2D eigenvalue weighted by atomic mass is 16.3. The number of unbranched alkanes of at least 4 members (excludes halogenated alkanes) is 7. The summed E-state index contributed by atoms with van der Waals surface area (Å²) in [5.74, 6) is 0.155. The van der Waals surface area contributed by atoms with Crippen LogP contribution in [-0.2, 0) is 19.2 Å². The zero-order valence-corrected chi connectivity index (χ0v) is 34.1. The lowest BCUT2D eigenvalue weighted by Gasteiger charge is -2.17. The molecule has 0 aromatic carbocycles. The number of hydrogen-bond donors (Lipinski definition) is 4. The molecule has 1 fully saturated rings. The summed E-state index contributed by atoms with van der Waals surface area (Å²) in [5, 5.41) is 26.0. The Labute approximate surface area is 335 Å². The van der Waals surface area contributed by atoms with E-state index in [0.29, 0.717) is 25.7 Å². The molecular formula is C47H78N2O6. The van der Waals surface area contributed by atoms with Crippen LogP contribution in [0.2, 0.25) is 0 Å². The Morgan fingerprint density at radius 3 is 1.96 bits per heavy atom. The van der Waals surface area contributed by atoms with Crippen LogP contribution in [-0.4, -0.2) is 58.9 Å². The minimum Gasteiger partial charge on any atom is -0.392 e. The van der Waals surface area contributed by atoms with Gasteiger partial charge in [-0.1, -0.05) is 128 Å². The second kappa shape index (κ2) is 33.9. The van der Waals surface area contributed by atoms with Crippen LogP contribution < -0.4 is 10.6 Å². The molecule has 8 nitrogen and oxygen atoms in total. The Bertz CT molecular complexity index is 1250. The maximum atomic E-state index is 12.2. The summed E-state index contributed by atoms with van der Waals surface area (Å²) in [6.07, 6.45) is 37.3. The first-order chi connectivity index (χ1) is 26.2. The molecule has 0 heterocycles. The highest BCUT2D eigenvalue weighted by molar-refractivity contribution is 6.07. The van der Waals surface area contributed by atoms with Crippen molar-refractivity contribution in [3.63, 3.8) is 0 Å². The Balaban J connectivity index is 0.00000104. The number of Topliss-reactive ketones (excluding diaryl/α,β-unsaturated/α-hetero) is 1. The van der Waals surface area contributed by atoms with E-state index in [1.165, 1.54) is 19.3 Å². The van der Waals surface area contributed by atoms with Gasteiger partial charge in [0, 0.05) is 55.7 Å². The molecule has 0 aromatic rings. The number of aliphatic hydroxyl groups excluding tert-OH is 2. The van der Waals surface area contributed by atoms with Crippen molar-refractivity contribution in [1.82, 2.24) is 10.6 Å². The van der Waals surface area contributed by atoms with Gasteiger partial charge in [-0.15, -0.1) is 0 Å². The van der Waals surface area contributed by atoms with E-state index in [1.54, 1.807) is 18.2 Å². The third-order valence-corrected chi connectivity index (χ3v) is 9.76. The number of aliphatic hydroxyl groups is 2. The standard InChI is InChI=1S/C23H39NO4.C23H35NO2.CH4/c1-3-5-8-11-18(25)14-15-20-19(21(26)17-22(20)27)12-9-6-7-10-13-23(28)24-16-4-2;1-3-5-6-7-8-12-15-21-20(17-18-22(21)25)14-11-9-10-13-16-23(26)24-19-4-2;/h6,9,14-15,18-21,25-26H,3-5,7-8,10-13,16-17H2,1-2H3,(H,24,28);8-9,11-12,15,17-18,20H,3-7,10,13-14,16,19H2,1-2H3,(H,24,26);1H4/b9-6-,15-14+;11-9+,12-8+,21-15+;/t18-,19+,20+,21-;;/m0../s1. The number of carbonyl (C=O) groups excluding carboxylic acids is 4. The number of nitrogens with one attached hydrogen (secondary N) is 2. The monoisotopic (exact) mass is 767 g/mol. The first kappa shape index (κ1) is 51.6. The predicted octanol–water partition coefficient (Wildman–Crippen LogP) is 9.78. The van der Waals surface area contributed by atoms with Crippen LogP contribution in [0.3, 0.4) is 0 Å². The van der Waals surface area contributed by atoms with Gasteiger partial charge in [-0.2, -0.15) is 0 Å². The quantitative estimate of drug-likeness (QED) is 0.0374. The van der Waals surface area contributed by atoms with Gasteiger partial charge in [0.1, 0.15) is 5.78 Å². The van der Waals surface area contributed by atoms with Crippen molar-refractivity contribution in [2.75, 3.05) is 13.1 Å². The molecule has 4 N–H and O–H groups in total. The van der Waals surface area contributed by atoms with Gasteiger partial charge in [0.25, 0.3) is 0 Å². The van der Waals surface area contributed by atoms with Gasteiger partial charge >= 0.3 is 0 Å². The smallest absolute Gasteiger partial charge is 0.220 e. The molecule has 1 unspecified atom stereocenters. The minimum atomic E-state index is -0.621. The highest BCUT2D eigenvalue weighted by Crippen LogP contribution is 2.33. The molecule has 0 spiro atoms. The number of rotatable bonds is 27. The largest absolute Gasteiger partial charge is 0.392 e. The molecule has 0 bridgehead atoms. The first-order valence-corrected chi connectivity index (χ1v) is 21.2. The van der Waals surface area contributed by atoms with Gasteiger partial charge in [0.15, 0.2) is 5.78 Å². The lowest BCUT2D eigenvalue weighted by molar-refractivity contribution is -0.122. The Morgan fingerprint density at radius 1 is 0.782 bits per heavy atom. The molecular weight excluding hydrogens is 689 g/mol. The second-order valence-electron chi connectivity index (χ2n) is 14.6.